The van der Waals surface area contributed by atoms with Crippen molar-refractivity contribution in [2.24, 2.45) is 0 Å². The first kappa shape index (κ1) is 27.8. The summed E-state index contributed by atoms with van der Waals surface area (Å²) in [5.41, 5.74) is 2.28. The summed E-state index contributed by atoms with van der Waals surface area (Å²) in [5, 5.41) is 11.6. The van der Waals surface area contributed by atoms with Crippen LogP contribution < -0.4 is 14.4 Å². The van der Waals surface area contributed by atoms with Gasteiger partial charge in [-0.15, -0.1) is 0 Å². The van der Waals surface area contributed by atoms with Crippen LogP contribution in [0.2, 0.25) is 0 Å². The van der Waals surface area contributed by atoms with E-state index in [-0.39, 0.29) is 41.6 Å². The number of ether oxygens (including phenoxy) is 1. The Bertz CT molecular complexity index is 1710. The van der Waals surface area contributed by atoms with E-state index < -0.39 is 33.8 Å². The van der Waals surface area contributed by atoms with E-state index in [9.17, 15) is 26.8 Å². The number of halogens is 2. The van der Waals surface area contributed by atoms with Crippen molar-refractivity contribution in [2.45, 2.75) is 17.4 Å². The van der Waals surface area contributed by atoms with Gasteiger partial charge >= 0.3 is 5.97 Å². The molecule has 41 heavy (non-hydrogen) atoms. The standard InChI is InChI=1S/C30H24F2N2O6S/c31-23-10-5-19(6-11-23)20-7-12-24(13-8-20)41(38,39)34-26-4-2-1-3-21(26)18-27(34)29(35)33-15-16-40-28-14-9-22(30(36)37)17-25(28)32/h1-14,17,27H,15-16,18H2,(H,33,35)(H,36,37)/t27-/m0/s1. The fourth-order valence-electron chi connectivity index (χ4n) is 4.63. The molecular formula is C30H24F2N2O6S. The van der Waals surface area contributed by atoms with E-state index in [1.54, 1.807) is 48.5 Å². The molecule has 210 valence electrons. The Morgan fingerprint density at radius 2 is 1.59 bits per heavy atom. The molecule has 4 aromatic carbocycles. The molecule has 8 nitrogen and oxygen atoms in total. The third-order valence-corrected chi connectivity index (χ3v) is 8.49. The third kappa shape index (κ3) is 5.75. The fraction of sp³-hybridized carbons (Fsp3) is 0.133. The van der Waals surface area contributed by atoms with Crippen LogP contribution in [0, 0.1) is 11.6 Å². The number of carbonyl (C=O) groups is 2. The van der Waals surface area contributed by atoms with E-state index in [0.717, 1.165) is 15.9 Å². The summed E-state index contributed by atoms with van der Waals surface area (Å²) in [7, 11) is -4.16. The number of aromatic carboxylic acids is 1. The first-order chi connectivity index (χ1) is 19.6. The maximum absolute atomic E-state index is 14.1. The largest absolute Gasteiger partial charge is 0.489 e. The molecule has 0 saturated heterocycles. The van der Waals surface area contributed by atoms with Gasteiger partial charge in [0.25, 0.3) is 10.0 Å². The van der Waals surface area contributed by atoms with Crippen molar-refractivity contribution >= 4 is 27.6 Å². The van der Waals surface area contributed by atoms with Crippen LogP contribution in [0.5, 0.6) is 5.75 Å². The van der Waals surface area contributed by atoms with Crippen LogP contribution in [0.4, 0.5) is 14.5 Å². The quantitative estimate of drug-likeness (QED) is 0.280. The van der Waals surface area contributed by atoms with Crippen LogP contribution in [0.3, 0.4) is 0 Å². The number of hydrogen-bond donors (Lipinski definition) is 2. The number of rotatable bonds is 9. The zero-order valence-corrected chi connectivity index (χ0v) is 22.3. The summed E-state index contributed by atoms with van der Waals surface area (Å²) < 4.78 is 61.5. The SMILES string of the molecule is O=C(O)c1ccc(OCCNC(=O)[C@@H]2Cc3ccccc3N2S(=O)(=O)c2ccc(-c3ccc(F)cc3)cc2)c(F)c1. The molecule has 0 spiro atoms. The van der Waals surface area contributed by atoms with Crippen molar-refractivity contribution in [3.05, 3.63) is 114 Å². The van der Waals surface area contributed by atoms with Gasteiger partial charge in [-0.2, -0.15) is 0 Å². The van der Waals surface area contributed by atoms with Crippen LogP contribution in [0.25, 0.3) is 11.1 Å². The van der Waals surface area contributed by atoms with Crippen molar-refractivity contribution in [3.63, 3.8) is 0 Å². The first-order valence-electron chi connectivity index (χ1n) is 12.6. The minimum Gasteiger partial charge on any atom is -0.489 e. The Labute approximate surface area is 234 Å². The number of carboxylic acids is 1. The number of carbonyl (C=O) groups excluding carboxylic acids is 1. The molecule has 1 aliphatic heterocycles. The maximum atomic E-state index is 14.1. The number of anilines is 1. The van der Waals surface area contributed by atoms with E-state index in [1.165, 1.54) is 36.4 Å². The van der Waals surface area contributed by atoms with Gasteiger partial charge in [-0.3, -0.25) is 9.10 Å². The fourth-order valence-corrected chi connectivity index (χ4v) is 6.28. The number of benzene rings is 4. The number of para-hydroxylation sites is 1. The lowest BCUT2D eigenvalue weighted by Gasteiger charge is -2.26. The Kier molecular flexibility index (Phi) is 7.71. The minimum atomic E-state index is -4.16. The molecule has 4 aromatic rings. The second kappa shape index (κ2) is 11.4. The van der Waals surface area contributed by atoms with Gasteiger partial charge in [-0.1, -0.05) is 42.5 Å². The Morgan fingerprint density at radius 3 is 2.24 bits per heavy atom. The van der Waals surface area contributed by atoms with Gasteiger partial charge in [-0.25, -0.2) is 22.0 Å². The van der Waals surface area contributed by atoms with E-state index in [0.29, 0.717) is 16.8 Å². The molecule has 0 radical (unpaired) electrons. The van der Waals surface area contributed by atoms with E-state index in [4.69, 9.17) is 9.84 Å². The maximum Gasteiger partial charge on any atom is 0.335 e. The first-order valence-corrected chi connectivity index (χ1v) is 14.0. The zero-order chi connectivity index (χ0) is 29.1. The lowest BCUT2D eigenvalue weighted by atomic mass is 10.1. The van der Waals surface area contributed by atoms with E-state index in [1.807, 2.05) is 0 Å². The molecule has 1 atom stereocenters. The number of carboxylic acid groups (broad SMARTS) is 1. The summed E-state index contributed by atoms with van der Waals surface area (Å²) in [4.78, 5) is 24.2. The van der Waals surface area contributed by atoms with Gasteiger partial charge in [0, 0.05) is 6.42 Å². The van der Waals surface area contributed by atoms with Crippen LogP contribution in [-0.2, 0) is 21.2 Å². The summed E-state index contributed by atoms with van der Waals surface area (Å²) in [6.07, 6.45) is 0.154. The number of nitrogens with one attached hydrogen (secondary N) is 1. The van der Waals surface area contributed by atoms with Crippen LogP contribution in [0.15, 0.2) is 95.9 Å². The number of amides is 1. The highest BCUT2D eigenvalue weighted by atomic mass is 32.2. The van der Waals surface area contributed by atoms with Crippen molar-refractivity contribution in [1.82, 2.24) is 5.32 Å². The number of nitrogens with zero attached hydrogens (tertiary/aromatic N) is 1. The molecule has 0 bridgehead atoms. The summed E-state index contributed by atoms with van der Waals surface area (Å²) in [6.45, 7) is -0.182. The smallest absolute Gasteiger partial charge is 0.335 e. The van der Waals surface area contributed by atoms with Crippen molar-refractivity contribution in [3.8, 4) is 16.9 Å². The number of sulfonamides is 1. The predicted octanol–water partition coefficient (Wildman–Crippen LogP) is 4.65. The van der Waals surface area contributed by atoms with Crippen molar-refractivity contribution in [2.75, 3.05) is 17.5 Å². The van der Waals surface area contributed by atoms with Crippen molar-refractivity contribution in [1.29, 1.82) is 0 Å². The third-order valence-electron chi connectivity index (χ3n) is 6.65. The molecule has 0 aliphatic carbocycles. The molecular weight excluding hydrogens is 554 g/mol. The number of hydrogen-bond acceptors (Lipinski definition) is 5. The molecule has 0 aromatic heterocycles. The second-order valence-corrected chi connectivity index (χ2v) is 11.1. The lowest BCUT2D eigenvalue weighted by Crippen LogP contribution is -2.48. The summed E-state index contributed by atoms with van der Waals surface area (Å²) >= 11 is 0. The summed E-state index contributed by atoms with van der Waals surface area (Å²) in [5.74, 6) is -3.24. The van der Waals surface area contributed by atoms with Crippen molar-refractivity contribution < 1.29 is 36.6 Å². The Morgan fingerprint density at radius 1 is 0.927 bits per heavy atom. The van der Waals surface area contributed by atoms with Gasteiger partial charge in [0.05, 0.1) is 22.7 Å². The summed E-state index contributed by atoms with van der Waals surface area (Å²) in [6, 6.07) is 21.0. The highest BCUT2D eigenvalue weighted by Gasteiger charge is 2.42. The highest BCUT2D eigenvalue weighted by molar-refractivity contribution is 7.93. The minimum absolute atomic E-state index is 0.0125. The van der Waals surface area contributed by atoms with Crippen LogP contribution in [0.1, 0.15) is 15.9 Å². The van der Waals surface area contributed by atoms with Crippen LogP contribution >= 0.6 is 0 Å². The molecule has 0 fully saturated rings. The predicted molar refractivity (Wildman–Crippen MR) is 147 cm³/mol. The molecule has 1 heterocycles. The average Bonchev–Trinajstić information content (AvgIpc) is 3.37. The molecule has 1 aliphatic rings. The Balaban J connectivity index is 1.31. The van der Waals surface area contributed by atoms with Gasteiger partial charge in [0.2, 0.25) is 5.91 Å². The second-order valence-electron chi connectivity index (χ2n) is 9.27. The topological polar surface area (TPSA) is 113 Å². The normalized spacial score (nSPS) is 14.4. The molecule has 0 saturated carbocycles. The molecule has 1 amide bonds. The zero-order valence-electron chi connectivity index (χ0n) is 21.5. The molecule has 11 heteroatoms. The van der Waals surface area contributed by atoms with Gasteiger partial charge < -0.3 is 15.2 Å². The van der Waals surface area contributed by atoms with Gasteiger partial charge in [-0.05, 0) is 65.2 Å². The molecule has 5 rings (SSSR count). The monoisotopic (exact) mass is 578 g/mol. The van der Waals surface area contributed by atoms with E-state index >= 15 is 0 Å². The highest BCUT2D eigenvalue weighted by Crippen LogP contribution is 2.37. The average molecular weight is 579 g/mol. The van der Waals surface area contributed by atoms with Gasteiger partial charge in [0.1, 0.15) is 18.5 Å². The Hall–Kier alpha value is -4.77. The molecule has 0 unspecified atom stereocenters. The number of fused-ring (bicyclic) bond motifs is 1. The van der Waals surface area contributed by atoms with E-state index in [2.05, 4.69) is 5.32 Å². The molecule has 2 N–H and O–H groups in total. The van der Waals surface area contributed by atoms with Gasteiger partial charge in [0.15, 0.2) is 11.6 Å². The van der Waals surface area contributed by atoms with Crippen LogP contribution in [-0.4, -0.2) is 44.6 Å². The lowest BCUT2D eigenvalue weighted by molar-refractivity contribution is -0.122.